The van der Waals surface area contributed by atoms with Crippen molar-refractivity contribution < 1.29 is 13.2 Å². The van der Waals surface area contributed by atoms with Crippen molar-refractivity contribution in [2.24, 2.45) is 0 Å². The zero-order valence-corrected chi connectivity index (χ0v) is 10.9. The average Bonchev–Trinajstić information content (AvgIpc) is 2.98. The van der Waals surface area contributed by atoms with Gasteiger partial charge in [-0.1, -0.05) is 13.8 Å². The molecular formula is C10H20N2O3S. The van der Waals surface area contributed by atoms with Gasteiger partial charge in [-0.2, -0.15) is 0 Å². The predicted molar refractivity (Wildman–Crippen MR) is 62.5 cm³/mol. The first-order valence-corrected chi connectivity index (χ1v) is 7.52. The van der Waals surface area contributed by atoms with Crippen LogP contribution in [0.25, 0.3) is 0 Å². The van der Waals surface area contributed by atoms with Gasteiger partial charge in [0.2, 0.25) is 0 Å². The van der Waals surface area contributed by atoms with Gasteiger partial charge in [0.05, 0.1) is 0 Å². The second-order valence-electron chi connectivity index (χ2n) is 4.38. The van der Waals surface area contributed by atoms with Crippen molar-refractivity contribution in [3.63, 3.8) is 0 Å². The van der Waals surface area contributed by atoms with Gasteiger partial charge in [-0.15, -0.1) is 0 Å². The van der Waals surface area contributed by atoms with E-state index in [4.69, 9.17) is 0 Å². The van der Waals surface area contributed by atoms with E-state index in [0.717, 1.165) is 19.1 Å². The molecule has 0 heterocycles. The molecule has 0 unspecified atom stereocenters. The van der Waals surface area contributed by atoms with Crippen LogP contribution < -0.4 is 10.9 Å². The Balaban J connectivity index is 2.54. The number of carbonyl (C=O) groups excluding carboxylic acids is 1. The third kappa shape index (κ3) is 2.55. The lowest BCUT2D eigenvalue weighted by atomic mass is 10.2. The lowest BCUT2D eigenvalue weighted by Gasteiger charge is -2.18. The number of nitrogens with one attached hydrogen (secondary N) is 2. The molecule has 1 aliphatic rings. The lowest BCUT2D eigenvalue weighted by Crippen LogP contribution is -2.51. The van der Waals surface area contributed by atoms with Crippen molar-refractivity contribution in [1.29, 1.82) is 0 Å². The van der Waals surface area contributed by atoms with E-state index in [0.29, 0.717) is 12.8 Å². The summed E-state index contributed by atoms with van der Waals surface area (Å²) >= 11 is 0. The quantitative estimate of drug-likeness (QED) is 0.666. The van der Waals surface area contributed by atoms with Crippen LogP contribution in [0.15, 0.2) is 0 Å². The fourth-order valence-corrected chi connectivity index (χ4v) is 2.89. The van der Waals surface area contributed by atoms with E-state index < -0.39 is 20.5 Å². The molecule has 0 aromatic rings. The number of amides is 1. The SMILES string of the molecule is CCC(CC)NNC(=O)C1(S(C)(=O)=O)CC1. The van der Waals surface area contributed by atoms with Crippen molar-refractivity contribution in [1.82, 2.24) is 10.9 Å². The van der Waals surface area contributed by atoms with Gasteiger partial charge in [0, 0.05) is 12.3 Å². The van der Waals surface area contributed by atoms with Crippen LogP contribution in [-0.2, 0) is 14.6 Å². The largest absolute Gasteiger partial charge is 0.290 e. The van der Waals surface area contributed by atoms with Crippen molar-refractivity contribution in [3.05, 3.63) is 0 Å². The molecule has 1 amide bonds. The summed E-state index contributed by atoms with van der Waals surface area (Å²) in [5, 5.41) is 0. The summed E-state index contributed by atoms with van der Waals surface area (Å²) in [6.45, 7) is 4.02. The Hall–Kier alpha value is -0.620. The van der Waals surface area contributed by atoms with Crippen molar-refractivity contribution in [2.75, 3.05) is 6.26 Å². The van der Waals surface area contributed by atoms with E-state index in [1.807, 2.05) is 13.8 Å². The van der Waals surface area contributed by atoms with Crippen molar-refractivity contribution in [3.8, 4) is 0 Å². The minimum atomic E-state index is -3.30. The molecule has 0 saturated heterocycles. The number of hydrazine groups is 1. The second kappa shape index (κ2) is 4.71. The number of rotatable bonds is 6. The summed E-state index contributed by atoms with van der Waals surface area (Å²) in [6.07, 6.45) is 3.77. The second-order valence-corrected chi connectivity index (χ2v) is 6.70. The van der Waals surface area contributed by atoms with E-state index in [9.17, 15) is 13.2 Å². The van der Waals surface area contributed by atoms with Crippen LogP contribution in [0.3, 0.4) is 0 Å². The van der Waals surface area contributed by atoms with Crippen LogP contribution in [0.5, 0.6) is 0 Å². The topological polar surface area (TPSA) is 75.3 Å². The minimum absolute atomic E-state index is 0.194. The Morgan fingerprint density at radius 3 is 2.12 bits per heavy atom. The first-order valence-electron chi connectivity index (χ1n) is 5.63. The molecule has 5 nitrogen and oxygen atoms in total. The summed E-state index contributed by atoms with van der Waals surface area (Å²) in [7, 11) is -3.30. The molecule has 1 aliphatic carbocycles. The minimum Gasteiger partial charge on any atom is -0.290 e. The molecule has 2 N–H and O–H groups in total. The Morgan fingerprint density at radius 1 is 1.31 bits per heavy atom. The number of carbonyl (C=O) groups is 1. The molecular weight excluding hydrogens is 228 g/mol. The molecule has 1 fully saturated rings. The highest BCUT2D eigenvalue weighted by Gasteiger charge is 2.58. The van der Waals surface area contributed by atoms with Gasteiger partial charge in [0.1, 0.15) is 0 Å². The third-order valence-electron chi connectivity index (χ3n) is 3.20. The third-order valence-corrected chi connectivity index (χ3v) is 5.22. The maximum atomic E-state index is 11.8. The van der Waals surface area contributed by atoms with Crippen molar-refractivity contribution in [2.45, 2.75) is 50.3 Å². The highest BCUT2D eigenvalue weighted by atomic mass is 32.2. The zero-order chi connectivity index (χ0) is 12.4. The first kappa shape index (κ1) is 13.4. The smallest absolute Gasteiger partial charge is 0.255 e. The van der Waals surface area contributed by atoms with Crippen LogP contribution in [0.1, 0.15) is 39.5 Å². The molecule has 0 bridgehead atoms. The van der Waals surface area contributed by atoms with Gasteiger partial charge < -0.3 is 0 Å². The van der Waals surface area contributed by atoms with Crippen LogP contribution in [0.4, 0.5) is 0 Å². The fraction of sp³-hybridized carbons (Fsp3) is 0.900. The first-order chi connectivity index (χ1) is 7.37. The van der Waals surface area contributed by atoms with E-state index in [1.165, 1.54) is 0 Å². The standard InChI is InChI=1S/C10H20N2O3S/c1-4-8(5-2)11-12-9(13)10(6-7-10)16(3,14)15/h8,11H,4-7H2,1-3H3,(H,12,13). The molecule has 0 spiro atoms. The molecule has 6 heteroatoms. The number of hydrogen-bond acceptors (Lipinski definition) is 4. The molecule has 0 aromatic heterocycles. The van der Waals surface area contributed by atoms with Gasteiger partial charge in [-0.05, 0) is 25.7 Å². The van der Waals surface area contributed by atoms with E-state index in [-0.39, 0.29) is 6.04 Å². The number of sulfone groups is 1. The van der Waals surface area contributed by atoms with Crippen LogP contribution in [0, 0.1) is 0 Å². The Bertz CT molecular complexity index is 356. The fourth-order valence-electron chi connectivity index (χ4n) is 1.65. The van der Waals surface area contributed by atoms with Gasteiger partial charge in [-0.3, -0.25) is 10.2 Å². The van der Waals surface area contributed by atoms with Gasteiger partial charge in [0.15, 0.2) is 14.6 Å². The van der Waals surface area contributed by atoms with Gasteiger partial charge in [0.25, 0.3) is 5.91 Å². The summed E-state index contributed by atoms with van der Waals surface area (Å²) in [5.74, 6) is -0.415. The number of hydrogen-bond donors (Lipinski definition) is 2. The molecule has 1 saturated carbocycles. The van der Waals surface area contributed by atoms with Crippen LogP contribution in [0.2, 0.25) is 0 Å². The summed E-state index contributed by atoms with van der Waals surface area (Å²) < 4.78 is 21.7. The van der Waals surface area contributed by atoms with E-state index in [2.05, 4.69) is 10.9 Å². The normalized spacial score (nSPS) is 18.5. The zero-order valence-electron chi connectivity index (χ0n) is 10.0. The van der Waals surface area contributed by atoms with Gasteiger partial charge in [-0.25, -0.2) is 13.8 Å². The molecule has 0 radical (unpaired) electrons. The molecule has 16 heavy (non-hydrogen) atoms. The predicted octanol–water partition coefficient (Wildman–Crippen LogP) is 0.373. The maximum absolute atomic E-state index is 11.8. The monoisotopic (exact) mass is 248 g/mol. The molecule has 0 aliphatic heterocycles. The Kier molecular flexibility index (Phi) is 3.96. The van der Waals surface area contributed by atoms with E-state index in [1.54, 1.807) is 0 Å². The summed E-state index contributed by atoms with van der Waals surface area (Å²) in [6, 6.07) is 0.194. The highest BCUT2D eigenvalue weighted by molar-refractivity contribution is 7.93. The lowest BCUT2D eigenvalue weighted by molar-refractivity contribution is -0.122. The molecule has 1 rings (SSSR count). The average molecular weight is 248 g/mol. The molecule has 0 aromatic carbocycles. The highest BCUT2D eigenvalue weighted by Crippen LogP contribution is 2.43. The van der Waals surface area contributed by atoms with Crippen LogP contribution >= 0.6 is 0 Å². The summed E-state index contributed by atoms with van der Waals surface area (Å²) in [4.78, 5) is 11.8. The van der Waals surface area contributed by atoms with Gasteiger partial charge >= 0.3 is 0 Å². The van der Waals surface area contributed by atoms with Crippen LogP contribution in [-0.4, -0.2) is 31.4 Å². The molecule has 94 valence electrons. The molecule has 0 atom stereocenters. The Labute approximate surface area is 96.9 Å². The van der Waals surface area contributed by atoms with E-state index >= 15 is 0 Å². The van der Waals surface area contributed by atoms with Crippen molar-refractivity contribution >= 4 is 15.7 Å². The Morgan fingerprint density at radius 2 is 1.81 bits per heavy atom. The maximum Gasteiger partial charge on any atom is 0.255 e. The summed E-state index contributed by atoms with van der Waals surface area (Å²) in [5.41, 5.74) is 5.40.